The summed E-state index contributed by atoms with van der Waals surface area (Å²) < 4.78 is 39.9. The minimum Gasteiger partial charge on any atom is -0.494 e. The lowest BCUT2D eigenvalue weighted by Gasteiger charge is -2.15. The summed E-state index contributed by atoms with van der Waals surface area (Å²) in [5, 5.41) is 0. The van der Waals surface area contributed by atoms with Crippen LogP contribution in [0.5, 0.6) is 34.5 Å². The van der Waals surface area contributed by atoms with Crippen molar-refractivity contribution in [1.82, 2.24) is 0 Å². The van der Waals surface area contributed by atoms with Gasteiger partial charge in [0.2, 0.25) is 0 Å². The van der Waals surface area contributed by atoms with Gasteiger partial charge in [-0.1, -0.05) is 49.0 Å². The van der Waals surface area contributed by atoms with Crippen molar-refractivity contribution >= 4 is 45.4 Å². The molecule has 62 heavy (non-hydrogen) atoms. The monoisotopic (exact) mass is 898 g/mol. The average Bonchev–Trinajstić information content (AvgIpc) is 3.28. The molecule has 0 aliphatic carbocycles. The molecule has 6 aromatic rings. The fraction of sp³-hybridized carbons (Fsp3) is 0.160. The highest BCUT2D eigenvalue weighted by Gasteiger charge is 2.19. The Morgan fingerprint density at radius 3 is 1.66 bits per heavy atom. The summed E-state index contributed by atoms with van der Waals surface area (Å²) >= 11 is 3.45. The molecule has 0 amide bonds. The molecule has 0 fully saturated rings. The lowest BCUT2D eigenvalue weighted by molar-refractivity contribution is 0.0470. The zero-order valence-corrected chi connectivity index (χ0v) is 35.9. The van der Waals surface area contributed by atoms with Crippen LogP contribution in [0.1, 0.15) is 77.9 Å². The van der Waals surface area contributed by atoms with Crippen molar-refractivity contribution in [2.45, 2.75) is 32.8 Å². The quantitative estimate of drug-likeness (QED) is 0.0253. The summed E-state index contributed by atoms with van der Waals surface area (Å²) in [6.45, 7) is 5.86. The number of unbranched alkanes of at least 4 members (excludes halogenated alkanes) is 1. The molecule has 0 aliphatic heterocycles. The minimum atomic E-state index is -0.593. The van der Waals surface area contributed by atoms with Crippen molar-refractivity contribution in [3.63, 3.8) is 0 Å². The van der Waals surface area contributed by atoms with E-state index in [1.807, 2.05) is 54.6 Å². The van der Waals surface area contributed by atoms with Crippen LogP contribution >= 0.6 is 15.9 Å². The van der Waals surface area contributed by atoms with Crippen LogP contribution in [0.3, 0.4) is 0 Å². The topological polar surface area (TPSA) is 133 Å². The van der Waals surface area contributed by atoms with Gasteiger partial charge in [-0.05, 0) is 144 Å². The van der Waals surface area contributed by atoms with E-state index in [1.54, 1.807) is 66.7 Å². The Morgan fingerprint density at radius 2 is 1.03 bits per heavy atom. The van der Waals surface area contributed by atoms with E-state index in [-0.39, 0.29) is 34.8 Å². The first kappa shape index (κ1) is 44.4. The number of hydrogen-bond donors (Lipinski definition) is 0. The lowest BCUT2D eigenvalue weighted by atomic mass is 10.0. The van der Waals surface area contributed by atoms with Crippen molar-refractivity contribution in [2.75, 3.05) is 20.8 Å². The summed E-state index contributed by atoms with van der Waals surface area (Å²) in [6, 6.07) is 38.7. The van der Waals surface area contributed by atoms with Crippen molar-refractivity contribution in [3.05, 3.63) is 183 Å². The second kappa shape index (κ2) is 21.4. The number of carbonyl (C=O) groups is 4. The van der Waals surface area contributed by atoms with Crippen LogP contribution in [-0.2, 0) is 32.0 Å². The summed E-state index contributed by atoms with van der Waals surface area (Å²) in [5.41, 5.74) is 3.26. The van der Waals surface area contributed by atoms with Gasteiger partial charge in [-0.15, -0.1) is 0 Å². The number of rotatable bonds is 19. The van der Waals surface area contributed by atoms with Crippen molar-refractivity contribution in [1.29, 1.82) is 0 Å². The molecule has 316 valence electrons. The zero-order valence-electron chi connectivity index (χ0n) is 34.3. The fourth-order valence-corrected chi connectivity index (χ4v) is 6.76. The first-order valence-electron chi connectivity index (χ1n) is 19.5. The lowest BCUT2D eigenvalue weighted by Crippen LogP contribution is -2.08. The molecule has 0 bridgehead atoms. The molecule has 6 rings (SSSR count). The zero-order chi connectivity index (χ0) is 44.0. The maximum atomic E-state index is 12.9. The van der Waals surface area contributed by atoms with Gasteiger partial charge in [0, 0.05) is 15.6 Å². The predicted molar refractivity (Wildman–Crippen MR) is 236 cm³/mol. The number of para-hydroxylation sites is 1. The van der Waals surface area contributed by atoms with Gasteiger partial charge in [0.1, 0.15) is 46.9 Å². The number of benzene rings is 6. The Hall–Kier alpha value is -7.18. The third-order valence-electron chi connectivity index (χ3n) is 9.41. The molecular weight excluding hydrogens is 856 g/mol. The Balaban J connectivity index is 0.991. The average molecular weight is 900 g/mol. The number of ketones is 1. The number of methoxy groups -OCH3 is 2. The molecule has 0 heterocycles. The molecule has 11 nitrogen and oxygen atoms in total. The highest BCUT2D eigenvalue weighted by Crippen LogP contribution is 2.31. The van der Waals surface area contributed by atoms with Crippen molar-refractivity contribution in [3.8, 4) is 34.5 Å². The predicted octanol–water partition coefficient (Wildman–Crippen LogP) is 12.0. The van der Waals surface area contributed by atoms with Crippen LogP contribution < -0.4 is 14.2 Å². The van der Waals surface area contributed by atoms with Crippen LogP contribution in [0.2, 0.25) is 0 Å². The van der Waals surface area contributed by atoms with Crippen molar-refractivity contribution in [2.24, 2.45) is 0 Å². The number of aryl methyl sites for hydroxylation is 1. The third kappa shape index (κ3) is 12.0. The van der Waals surface area contributed by atoms with E-state index in [2.05, 4.69) is 22.5 Å². The molecule has 0 spiro atoms. The largest absolute Gasteiger partial charge is 0.494 e. The van der Waals surface area contributed by atoms with Gasteiger partial charge in [-0.2, -0.15) is 0 Å². The van der Waals surface area contributed by atoms with Gasteiger partial charge < -0.3 is 33.2 Å². The summed E-state index contributed by atoms with van der Waals surface area (Å²) in [6.07, 6.45) is 2.22. The molecule has 0 saturated carbocycles. The van der Waals surface area contributed by atoms with E-state index in [9.17, 15) is 19.2 Å². The number of Topliss-reactive ketones (excluding diaryl/α,β-unsaturated/α-hetero) is 1. The van der Waals surface area contributed by atoms with Gasteiger partial charge in [0.25, 0.3) is 0 Å². The molecule has 0 atom stereocenters. The van der Waals surface area contributed by atoms with Crippen LogP contribution in [0, 0.1) is 0 Å². The molecule has 12 heteroatoms. The SMILES string of the molecule is C=C(OCCCCc1cccc(Oc2ccc(C(=O)OC)c(C(C)=O)c2)c1)c1cc(Oc2ccc(COC(=O)c3ccc(Oc4ccccc4)cc3Br)cc2)ccc1C(=O)OC. The number of halogens is 1. The second-order valence-corrected chi connectivity index (χ2v) is 14.7. The van der Waals surface area contributed by atoms with Gasteiger partial charge >= 0.3 is 17.9 Å². The molecule has 0 saturated heterocycles. The number of ether oxygens (including phenoxy) is 7. The first-order chi connectivity index (χ1) is 30.0. The summed E-state index contributed by atoms with van der Waals surface area (Å²) in [5.74, 6) is 1.62. The van der Waals surface area contributed by atoms with E-state index in [0.29, 0.717) is 63.1 Å². The smallest absolute Gasteiger partial charge is 0.339 e. The van der Waals surface area contributed by atoms with Crippen LogP contribution in [0.4, 0.5) is 0 Å². The molecule has 0 aliphatic rings. The van der Waals surface area contributed by atoms with E-state index in [1.165, 1.54) is 33.3 Å². The summed E-state index contributed by atoms with van der Waals surface area (Å²) in [4.78, 5) is 49.8. The standard InChI is InChI=1S/C50H43BrO11/c1-32(52)45-28-39(20-23-42(45)48(53)56-3)62-38-15-10-12-34(27-38)11-8-9-26-58-33(2)46-29-40(21-24-43(46)49(54)57-4)61-37-18-16-35(17-19-37)31-59-50(55)44-25-22-41(30-47(44)51)60-36-13-6-5-7-14-36/h5-7,10,12-25,27-30H,2,8-9,11,26,31H2,1,3-4H3. The number of hydrogen-bond acceptors (Lipinski definition) is 11. The highest BCUT2D eigenvalue weighted by molar-refractivity contribution is 9.10. The van der Waals surface area contributed by atoms with Gasteiger partial charge in [-0.25, -0.2) is 14.4 Å². The normalized spacial score (nSPS) is 10.6. The number of esters is 3. The molecule has 0 N–H and O–H groups in total. The molecule has 0 radical (unpaired) electrons. The second-order valence-electron chi connectivity index (χ2n) is 13.8. The Morgan fingerprint density at radius 1 is 0.500 bits per heavy atom. The van der Waals surface area contributed by atoms with E-state index in [0.717, 1.165) is 24.0 Å². The van der Waals surface area contributed by atoms with E-state index < -0.39 is 17.9 Å². The first-order valence-corrected chi connectivity index (χ1v) is 20.3. The molecule has 0 aromatic heterocycles. The molecule has 0 unspecified atom stereocenters. The van der Waals surface area contributed by atoms with Crippen molar-refractivity contribution < 1.29 is 52.3 Å². The fourth-order valence-electron chi connectivity index (χ4n) is 6.24. The molecule has 6 aromatic carbocycles. The number of carbonyl (C=O) groups excluding carboxylic acids is 4. The third-order valence-corrected chi connectivity index (χ3v) is 10.1. The van der Waals surface area contributed by atoms with Crippen LogP contribution in [-0.4, -0.2) is 44.5 Å². The maximum absolute atomic E-state index is 12.9. The van der Waals surface area contributed by atoms with E-state index >= 15 is 0 Å². The van der Waals surface area contributed by atoms with E-state index in [4.69, 9.17) is 33.2 Å². The van der Waals surface area contributed by atoms with Gasteiger partial charge in [0.05, 0.1) is 37.5 Å². The summed E-state index contributed by atoms with van der Waals surface area (Å²) in [7, 11) is 2.57. The Bertz CT molecular complexity index is 2570. The van der Waals surface area contributed by atoms with Gasteiger partial charge in [-0.3, -0.25) is 4.79 Å². The van der Waals surface area contributed by atoms with Gasteiger partial charge in [0.15, 0.2) is 5.78 Å². The molecular formula is C50H43BrO11. The highest BCUT2D eigenvalue weighted by atomic mass is 79.9. The van der Waals surface area contributed by atoms with Crippen LogP contribution in [0.15, 0.2) is 145 Å². The Labute approximate surface area is 367 Å². The maximum Gasteiger partial charge on any atom is 0.339 e. The minimum absolute atomic E-state index is 0.0450. The van der Waals surface area contributed by atoms with Crippen LogP contribution in [0.25, 0.3) is 5.76 Å². The Kier molecular flexibility index (Phi) is 15.3.